The number of halogens is 4. The maximum atomic E-state index is 12.5. The van der Waals surface area contributed by atoms with Gasteiger partial charge in [-0.3, -0.25) is 4.79 Å². The number of carbonyl (C=O) groups excluding carboxylic acids is 1. The average Bonchev–Trinajstić information content (AvgIpc) is 2.96. The molecule has 1 aromatic carbocycles. The van der Waals surface area contributed by atoms with E-state index in [9.17, 15) is 18.0 Å². The molecule has 0 aromatic heterocycles. The molecular formula is C16H22ClF3N2O. The Morgan fingerprint density at radius 1 is 1.26 bits per heavy atom. The summed E-state index contributed by atoms with van der Waals surface area (Å²) in [5.41, 5.74) is 5.21. The molecule has 1 aliphatic carbocycles. The molecule has 1 unspecified atom stereocenters. The molecule has 1 saturated carbocycles. The van der Waals surface area contributed by atoms with Crippen LogP contribution in [0.2, 0.25) is 0 Å². The highest BCUT2D eigenvalue weighted by Crippen LogP contribution is 2.38. The van der Waals surface area contributed by atoms with Crippen LogP contribution in [-0.4, -0.2) is 12.5 Å². The fourth-order valence-electron chi connectivity index (χ4n) is 2.97. The molecule has 3 N–H and O–H groups in total. The molecular weight excluding hydrogens is 329 g/mol. The van der Waals surface area contributed by atoms with Crippen molar-refractivity contribution in [2.24, 2.45) is 11.1 Å². The molecule has 130 valence electrons. The van der Waals surface area contributed by atoms with Crippen molar-refractivity contribution < 1.29 is 18.0 Å². The van der Waals surface area contributed by atoms with Crippen LogP contribution in [0.5, 0.6) is 0 Å². The highest BCUT2D eigenvalue weighted by atomic mass is 35.5. The van der Waals surface area contributed by atoms with E-state index in [1.165, 1.54) is 12.1 Å². The first-order valence-corrected chi connectivity index (χ1v) is 7.47. The molecule has 1 aliphatic rings. The van der Waals surface area contributed by atoms with Crippen molar-refractivity contribution in [2.45, 2.75) is 44.8 Å². The highest BCUT2D eigenvalue weighted by Gasteiger charge is 2.40. The molecule has 1 atom stereocenters. The summed E-state index contributed by atoms with van der Waals surface area (Å²) in [4.78, 5) is 12.4. The number of rotatable bonds is 4. The van der Waals surface area contributed by atoms with Crippen LogP contribution in [0.4, 0.5) is 13.2 Å². The number of nitrogens with two attached hydrogens (primary N) is 1. The van der Waals surface area contributed by atoms with Gasteiger partial charge in [-0.1, -0.05) is 25.0 Å². The topological polar surface area (TPSA) is 55.1 Å². The molecule has 0 spiro atoms. The van der Waals surface area contributed by atoms with Gasteiger partial charge in [0.05, 0.1) is 17.0 Å². The van der Waals surface area contributed by atoms with Crippen LogP contribution in [0, 0.1) is 5.41 Å². The fourth-order valence-corrected chi connectivity index (χ4v) is 2.97. The molecule has 0 saturated heterocycles. The Hall–Kier alpha value is -1.27. The van der Waals surface area contributed by atoms with Crippen molar-refractivity contribution in [1.29, 1.82) is 0 Å². The van der Waals surface area contributed by atoms with Gasteiger partial charge < -0.3 is 11.1 Å². The quantitative estimate of drug-likeness (QED) is 0.867. The van der Waals surface area contributed by atoms with Gasteiger partial charge in [0.15, 0.2) is 0 Å². The molecule has 0 aliphatic heterocycles. The van der Waals surface area contributed by atoms with E-state index in [1.807, 2.05) is 0 Å². The van der Waals surface area contributed by atoms with E-state index in [-0.39, 0.29) is 24.4 Å². The lowest BCUT2D eigenvalue weighted by molar-refractivity contribution is -0.137. The summed E-state index contributed by atoms with van der Waals surface area (Å²) in [6.07, 6.45) is -0.832. The molecule has 1 amide bonds. The lowest BCUT2D eigenvalue weighted by Gasteiger charge is -2.28. The Balaban J connectivity index is 0.00000264. The van der Waals surface area contributed by atoms with E-state index < -0.39 is 17.2 Å². The van der Waals surface area contributed by atoms with Crippen LogP contribution in [0.3, 0.4) is 0 Å². The van der Waals surface area contributed by atoms with Crippen LogP contribution in [0.15, 0.2) is 24.3 Å². The predicted octanol–water partition coefficient (Wildman–Crippen LogP) is 3.82. The Morgan fingerprint density at radius 2 is 1.78 bits per heavy atom. The summed E-state index contributed by atoms with van der Waals surface area (Å²) in [6, 6.07) is 4.52. The van der Waals surface area contributed by atoms with Crippen molar-refractivity contribution in [3.05, 3.63) is 35.4 Å². The molecule has 3 nitrogen and oxygen atoms in total. The maximum Gasteiger partial charge on any atom is 0.416 e. The summed E-state index contributed by atoms with van der Waals surface area (Å²) in [7, 11) is 0. The third kappa shape index (κ3) is 4.38. The highest BCUT2D eigenvalue weighted by molar-refractivity contribution is 5.85. The zero-order valence-corrected chi connectivity index (χ0v) is 13.8. The summed E-state index contributed by atoms with van der Waals surface area (Å²) in [6.45, 7) is 2.07. The van der Waals surface area contributed by atoms with Crippen LogP contribution >= 0.6 is 12.4 Å². The van der Waals surface area contributed by atoms with Crippen molar-refractivity contribution in [3.8, 4) is 0 Å². The van der Waals surface area contributed by atoms with E-state index in [2.05, 4.69) is 5.32 Å². The smallest absolute Gasteiger partial charge is 0.349 e. The van der Waals surface area contributed by atoms with Gasteiger partial charge in [-0.05, 0) is 37.5 Å². The van der Waals surface area contributed by atoms with Crippen LogP contribution < -0.4 is 11.1 Å². The SMILES string of the molecule is CC(NC(=O)C1(CN)CCCC1)c1ccc(C(F)(F)F)cc1.Cl. The largest absolute Gasteiger partial charge is 0.416 e. The molecule has 0 radical (unpaired) electrons. The number of carbonyl (C=O) groups is 1. The van der Waals surface area contributed by atoms with E-state index >= 15 is 0 Å². The minimum absolute atomic E-state index is 0. The number of hydrogen-bond donors (Lipinski definition) is 2. The van der Waals surface area contributed by atoms with E-state index in [4.69, 9.17) is 5.73 Å². The molecule has 0 heterocycles. The van der Waals surface area contributed by atoms with E-state index in [1.54, 1.807) is 6.92 Å². The second kappa shape index (κ2) is 7.53. The zero-order valence-electron chi connectivity index (χ0n) is 13.0. The van der Waals surface area contributed by atoms with E-state index in [0.717, 1.165) is 37.8 Å². The van der Waals surface area contributed by atoms with Crippen LogP contribution in [-0.2, 0) is 11.0 Å². The second-order valence-electron chi connectivity index (χ2n) is 6.01. The van der Waals surface area contributed by atoms with E-state index in [0.29, 0.717) is 12.1 Å². The zero-order chi connectivity index (χ0) is 16.4. The number of amides is 1. The number of alkyl halides is 3. The number of benzene rings is 1. The molecule has 1 aromatic rings. The summed E-state index contributed by atoms with van der Waals surface area (Å²) in [5, 5.41) is 2.89. The monoisotopic (exact) mass is 350 g/mol. The Bertz CT molecular complexity index is 525. The van der Waals surface area contributed by atoms with Gasteiger partial charge in [0.1, 0.15) is 0 Å². The van der Waals surface area contributed by atoms with Gasteiger partial charge >= 0.3 is 6.18 Å². The summed E-state index contributed by atoms with van der Waals surface area (Å²) < 4.78 is 37.6. The standard InChI is InChI=1S/C16H21F3N2O.ClH/c1-11(12-4-6-13(7-5-12)16(17,18)19)21-14(22)15(10-20)8-2-3-9-15;/h4-7,11H,2-3,8-10,20H2,1H3,(H,21,22);1H. The van der Waals surface area contributed by atoms with Crippen molar-refractivity contribution in [1.82, 2.24) is 5.32 Å². The van der Waals surface area contributed by atoms with Gasteiger partial charge in [-0.2, -0.15) is 13.2 Å². The Kier molecular flexibility index (Phi) is 6.48. The first-order chi connectivity index (χ1) is 10.3. The molecule has 0 bridgehead atoms. The van der Waals surface area contributed by atoms with Crippen LogP contribution in [0.1, 0.15) is 49.8 Å². The van der Waals surface area contributed by atoms with Gasteiger partial charge in [0.2, 0.25) is 5.91 Å². The lowest BCUT2D eigenvalue weighted by Crippen LogP contribution is -2.44. The summed E-state index contributed by atoms with van der Waals surface area (Å²) in [5.74, 6) is -0.0973. The average molecular weight is 351 g/mol. The van der Waals surface area contributed by atoms with Crippen molar-refractivity contribution >= 4 is 18.3 Å². The predicted molar refractivity (Wildman–Crippen MR) is 85.2 cm³/mol. The van der Waals surface area contributed by atoms with Gasteiger partial charge in [0.25, 0.3) is 0 Å². The third-order valence-corrected chi connectivity index (χ3v) is 4.52. The first-order valence-electron chi connectivity index (χ1n) is 7.47. The maximum absolute atomic E-state index is 12.5. The van der Waals surface area contributed by atoms with Crippen LogP contribution in [0.25, 0.3) is 0 Å². The lowest BCUT2D eigenvalue weighted by atomic mass is 9.85. The van der Waals surface area contributed by atoms with Crippen molar-refractivity contribution in [2.75, 3.05) is 6.54 Å². The normalized spacial score (nSPS) is 18.1. The first kappa shape index (κ1) is 19.8. The number of nitrogens with one attached hydrogen (secondary N) is 1. The molecule has 7 heteroatoms. The van der Waals surface area contributed by atoms with Gasteiger partial charge in [-0.25, -0.2) is 0 Å². The molecule has 23 heavy (non-hydrogen) atoms. The Morgan fingerprint density at radius 3 is 2.22 bits per heavy atom. The number of hydrogen-bond acceptors (Lipinski definition) is 2. The van der Waals surface area contributed by atoms with Crippen molar-refractivity contribution in [3.63, 3.8) is 0 Å². The van der Waals surface area contributed by atoms with Gasteiger partial charge in [-0.15, -0.1) is 12.4 Å². The third-order valence-electron chi connectivity index (χ3n) is 4.52. The fraction of sp³-hybridized carbons (Fsp3) is 0.562. The second-order valence-corrected chi connectivity index (χ2v) is 6.01. The minimum Gasteiger partial charge on any atom is -0.349 e. The molecule has 2 rings (SSSR count). The summed E-state index contributed by atoms with van der Waals surface area (Å²) >= 11 is 0. The minimum atomic E-state index is -4.35. The molecule has 1 fully saturated rings. The Labute approximate surface area is 140 Å². The van der Waals surface area contributed by atoms with Gasteiger partial charge in [0, 0.05) is 6.54 Å².